The largest absolute Gasteiger partial charge is 0.296 e. The Morgan fingerprint density at radius 2 is 2.29 bits per heavy atom. The maximum absolute atomic E-state index is 12.3. The van der Waals surface area contributed by atoms with Crippen molar-refractivity contribution in [3.63, 3.8) is 0 Å². The molecule has 0 bridgehead atoms. The lowest BCUT2D eigenvalue weighted by molar-refractivity contribution is 0.110. The summed E-state index contributed by atoms with van der Waals surface area (Å²) in [4.78, 5) is 13.9. The van der Waals surface area contributed by atoms with E-state index in [1.807, 2.05) is 0 Å². The van der Waals surface area contributed by atoms with Crippen molar-refractivity contribution in [1.29, 1.82) is 5.26 Å². The standard InChI is InChI=1S/C9H6F2N2O/c1-5-2-6(9(10)11)8(4-14)13-7(5)3-12/h2,4,9H,1H3. The normalized spacial score (nSPS) is 9.93. The zero-order valence-electron chi connectivity index (χ0n) is 7.29. The minimum absolute atomic E-state index is 0.00324. The number of aromatic nitrogens is 1. The summed E-state index contributed by atoms with van der Waals surface area (Å²) < 4.78 is 24.7. The van der Waals surface area contributed by atoms with E-state index in [0.717, 1.165) is 6.07 Å². The fraction of sp³-hybridized carbons (Fsp3) is 0.222. The van der Waals surface area contributed by atoms with Crippen LogP contribution < -0.4 is 0 Å². The summed E-state index contributed by atoms with van der Waals surface area (Å²) in [6.45, 7) is 1.49. The van der Waals surface area contributed by atoms with E-state index in [2.05, 4.69) is 4.98 Å². The molecule has 72 valence electrons. The van der Waals surface area contributed by atoms with E-state index in [0.29, 0.717) is 5.56 Å². The smallest absolute Gasteiger partial charge is 0.266 e. The summed E-state index contributed by atoms with van der Waals surface area (Å²) >= 11 is 0. The Hall–Kier alpha value is -1.83. The molecule has 0 atom stereocenters. The molecule has 0 aromatic carbocycles. The van der Waals surface area contributed by atoms with Crippen LogP contribution in [0.5, 0.6) is 0 Å². The molecular weight excluding hydrogens is 190 g/mol. The Kier molecular flexibility index (Phi) is 2.87. The monoisotopic (exact) mass is 196 g/mol. The van der Waals surface area contributed by atoms with Crippen LogP contribution in [0.2, 0.25) is 0 Å². The Morgan fingerprint density at radius 1 is 1.64 bits per heavy atom. The lowest BCUT2D eigenvalue weighted by atomic mass is 10.1. The number of carbonyl (C=O) groups excluding carboxylic acids is 1. The molecule has 1 aromatic rings. The van der Waals surface area contributed by atoms with Crippen LogP contribution in [-0.4, -0.2) is 11.3 Å². The molecule has 0 N–H and O–H groups in total. The maximum Gasteiger partial charge on any atom is 0.266 e. The number of pyridine rings is 1. The topological polar surface area (TPSA) is 53.8 Å². The number of alkyl halides is 2. The number of rotatable bonds is 2. The highest BCUT2D eigenvalue weighted by molar-refractivity contribution is 5.75. The molecule has 1 rings (SSSR count). The van der Waals surface area contributed by atoms with Gasteiger partial charge in [0.05, 0.1) is 0 Å². The quantitative estimate of drug-likeness (QED) is 0.680. The Balaban J connectivity index is 3.40. The minimum atomic E-state index is -2.76. The highest BCUT2D eigenvalue weighted by atomic mass is 19.3. The summed E-state index contributed by atoms with van der Waals surface area (Å²) in [7, 11) is 0. The lowest BCUT2D eigenvalue weighted by Gasteiger charge is -2.04. The fourth-order valence-corrected chi connectivity index (χ4v) is 1.03. The van der Waals surface area contributed by atoms with Gasteiger partial charge in [-0.1, -0.05) is 0 Å². The SMILES string of the molecule is Cc1cc(C(F)F)c(C=O)nc1C#N. The number of hydrogen-bond donors (Lipinski definition) is 0. The van der Waals surface area contributed by atoms with Gasteiger partial charge in [0.2, 0.25) is 0 Å². The predicted molar refractivity (Wildman–Crippen MR) is 44.0 cm³/mol. The predicted octanol–water partition coefficient (Wildman–Crippen LogP) is 2.01. The van der Waals surface area contributed by atoms with Gasteiger partial charge in [-0.25, -0.2) is 13.8 Å². The zero-order chi connectivity index (χ0) is 10.7. The second kappa shape index (κ2) is 3.92. The van der Waals surface area contributed by atoms with Crippen molar-refractivity contribution in [2.45, 2.75) is 13.3 Å². The molecule has 0 saturated carbocycles. The van der Waals surface area contributed by atoms with E-state index >= 15 is 0 Å². The fourth-order valence-electron chi connectivity index (χ4n) is 1.03. The first-order valence-corrected chi connectivity index (χ1v) is 3.75. The zero-order valence-corrected chi connectivity index (χ0v) is 7.29. The van der Waals surface area contributed by atoms with Crippen molar-refractivity contribution in [1.82, 2.24) is 4.98 Å². The van der Waals surface area contributed by atoms with Crippen LogP contribution in [0, 0.1) is 18.3 Å². The van der Waals surface area contributed by atoms with Crippen molar-refractivity contribution in [2.75, 3.05) is 0 Å². The third kappa shape index (κ3) is 1.74. The van der Waals surface area contributed by atoms with Gasteiger partial charge in [0.1, 0.15) is 17.5 Å². The number of hydrogen-bond acceptors (Lipinski definition) is 3. The highest BCUT2D eigenvalue weighted by Gasteiger charge is 2.16. The average Bonchev–Trinajstić information content (AvgIpc) is 2.17. The first kappa shape index (κ1) is 10.3. The van der Waals surface area contributed by atoms with E-state index in [1.165, 1.54) is 6.92 Å². The van der Waals surface area contributed by atoms with Gasteiger partial charge in [0, 0.05) is 5.56 Å². The van der Waals surface area contributed by atoms with Crippen molar-refractivity contribution in [3.05, 3.63) is 28.6 Å². The van der Waals surface area contributed by atoms with Gasteiger partial charge in [-0.2, -0.15) is 5.26 Å². The first-order valence-electron chi connectivity index (χ1n) is 3.75. The number of aldehydes is 1. The number of carbonyl (C=O) groups is 1. The molecule has 5 heteroatoms. The van der Waals surface area contributed by atoms with Crippen LogP contribution in [0.4, 0.5) is 8.78 Å². The van der Waals surface area contributed by atoms with Crippen LogP contribution in [0.15, 0.2) is 6.07 Å². The molecule has 0 amide bonds. The average molecular weight is 196 g/mol. The summed E-state index contributed by atoms with van der Waals surface area (Å²) in [5.74, 6) is 0. The molecule has 1 heterocycles. The van der Waals surface area contributed by atoms with E-state index in [9.17, 15) is 13.6 Å². The Labute approximate surface area is 79.0 Å². The molecule has 0 aliphatic rings. The van der Waals surface area contributed by atoms with Gasteiger partial charge >= 0.3 is 0 Å². The minimum Gasteiger partial charge on any atom is -0.296 e. The van der Waals surface area contributed by atoms with Crippen molar-refractivity contribution in [2.24, 2.45) is 0 Å². The third-order valence-electron chi connectivity index (χ3n) is 1.73. The summed E-state index contributed by atoms with van der Waals surface area (Å²) in [6, 6.07) is 2.83. The molecule has 14 heavy (non-hydrogen) atoms. The van der Waals surface area contributed by atoms with E-state index in [4.69, 9.17) is 5.26 Å². The van der Waals surface area contributed by atoms with Crippen LogP contribution in [0.25, 0.3) is 0 Å². The first-order chi connectivity index (χ1) is 6.60. The summed E-state index contributed by atoms with van der Waals surface area (Å²) in [5, 5.41) is 8.55. The molecule has 0 aliphatic carbocycles. The van der Waals surface area contributed by atoms with Crippen molar-refractivity contribution in [3.8, 4) is 6.07 Å². The molecule has 0 fully saturated rings. The molecule has 1 aromatic heterocycles. The summed E-state index contributed by atoms with van der Waals surface area (Å²) in [5.41, 5.74) is -0.469. The number of halogens is 2. The number of nitriles is 1. The maximum atomic E-state index is 12.3. The Morgan fingerprint density at radius 3 is 2.71 bits per heavy atom. The van der Waals surface area contributed by atoms with Gasteiger partial charge in [0.15, 0.2) is 6.29 Å². The highest BCUT2D eigenvalue weighted by Crippen LogP contribution is 2.22. The van der Waals surface area contributed by atoms with E-state index < -0.39 is 12.0 Å². The molecular formula is C9H6F2N2O. The van der Waals surface area contributed by atoms with Crippen LogP contribution >= 0.6 is 0 Å². The molecule has 0 radical (unpaired) electrons. The van der Waals surface area contributed by atoms with Crippen LogP contribution in [-0.2, 0) is 0 Å². The van der Waals surface area contributed by atoms with Gasteiger partial charge in [0.25, 0.3) is 6.43 Å². The molecule has 3 nitrogen and oxygen atoms in total. The molecule has 0 aliphatic heterocycles. The van der Waals surface area contributed by atoms with Gasteiger partial charge in [-0.15, -0.1) is 0 Å². The number of nitrogens with zero attached hydrogens (tertiary/aromatic N) is 2. The second-order valence-corrected chi connectivity index (χ2v) is 2.66. The van der Waals surface area contributed by atoms with E-state index in [-0.39, 0.29) is 17.7 Å². The third-order valence-corrected chi connectivity index (χ3v) is 1.73. The van der Waals surface area contributed by atoms with Gasteiger partial charge < -0.3 is 0 Å². The van der Waals surface area contributed by atoms with Crippen molar-refractivity contribution >= 4 is 6.29 Å². The number of aryl methyl sites for hydroxylation is 1. The summed E-state index contributed by atoms with van der Waals surface area (Å²) in [6.07, 6.45) is -2.53. The van der Waals surface area contributed by atoms with Crippen LogP contribution in [0.1, 0.15) is 33.7 Å². The molecule has 0 spiro atoms. The van der Waals surface area contributed by atoms with Crippen LogP contribution in [0.3, 0.4) is 0 Å². The lowest BCUT2D eigenvalue weighted by Crippen LogP contribution is -2.01. The molecule has 0 saturated heterocycles. The van der Waals surface area contributed by atoms with Gasteiger partial charge in [-0.3, -0.25) is 4.79 Å². The second-order valence-electron chi connectivity index (χ2n) is 2.66. The van der Waals surface area contributed by atoms with E-state index in [1.54, 1.807) is 6.07 Å². The molecule has 0 unspecified atom stereocenters. The van der Waals surface area contributed by atoms with Crippen molar-refractivity contribution < 1.29 is 13.6 Å². The Bertz CT molecular complexity index is 410. The van der Waals surface area contributed by atoms with Gasteiger partial charge in [-0.05, 0) is 18.6 Å².